The molecule has 0 radical (unpaired) electrons. The van der Waals surface area contributed by atoms with Crippen molar-refractivity contribution in [1.29, 1.82) is 0 Å². The van der Waals surface area contributed by atoms with E-state index >= 15 is 0 Å². The Kier molecular flexibility index (Phi) is 6.22. The molecule has 0 saturated carbocycles. The van der Waals surface area contributed by atoms with Crippen molar-refractivity contribution in [3.05, 3.63) is 54.1 Å². The van der Waals surface area contributed by atoms with E-state index in [-0.39, 0.29) is 12.0 Å². The van der Waals surface area contributed by atoms with Crippen LogP contribution in [0.25, 0.3) is 0 Å². The summed E-state index contributed by atoms with van der Waals surface area (Å²) in [5.74, 6) is 1.47. The second-order valence-corrected chi connectivity index (χ2v) is 7.01. The molecule has 2 aromatic rings. The second kappa shape index (κ2) is 8.80. The molecule has 27 heavy (non-hydrogen) atoms. The molecule has 0 spiro atoms. The average molecular weight is 368 g/mol. The Balaban J connectivity index is 1.57. The van der Waals surface area contributed by atoms with E-state index < -0.39 is 0 Å². The van der Waals surface area contributed by atoms with Crippen LogP contribution in [0.2, 0.25) is 0 Å². The Morgan fingerprint density at radius 2 is 1.78 bits per heavy atom. The maximum absolute atomic E-state index is 12.7. The zero-order valence-corrected chi connectivity index (χ0v) is 16.4. The molecule has 1 aliphatic heterocycles. The summed E-state index contributed by atoms with van der Waals surface area (Å²) < 4.78 is 11.7. The molecule has 144 valence electrons. The zero-order valence-electron chi connectivity index (χ0n) is 16.4. The van der Waals surface area contributed by atoms with Crippen LogP contribution in [0.4, 0.5) is 5.69 Å². The smallest absolute Gasteiger partial charge is 0.253 e. The molecule has 5 heteroatoms. The minimum atomic E-state index is -0.173. The molecule has 0 aliphatic carbocycles. The fraction of sp³-hybridized carbons (Fsp3) is 0.409. The summed E-state index contributed by atoms with van der Waals surface area (Å²) in [6, 6.07) is 15.4. The summed E-state index contributed by atoms with van der Waals surface area (Å²) in [7, 11) is 3.88. The number of fused-ring (bicyclic) bond motifs is 1. The SMILES string of the molecule is CCCCN(C)c1ccc(C(=O)N(C)CC2COc3ccccc3O2)cc1. The van der Waals surface area contributed by atoms with Gasteiger partial charge in [-0.25, -0.2) is 0 Å². The lowest BCUT2D eigenvalue weighted by Crippen LogP contribution is -2.41. The first-order valence-electron chi connectivity index (χ1n) is 9.53. The Bertz CT molecular complexity index is 760. The molecule has 1 aliphatic rings. The molecule has 0 bridgehead atoms. The van der Waals surface area contributed by atoms with Crippen LogP contribution in [-0.4, -0.2) is 50.7 Å². The monoisotopic (exact) mass is 368 g/mol. The van der Waals surface area contributed by atoms with Crippen LogP contribution < -0.4 is 14.4 Å². The highest BCUT2D eigenvalue weighted by Gasteiger charge is 2.24. The van der Waals surface area contributed by atoms with Crippen molar-refractivity contribution in [2.75, 3.05) is 38.7 Å². The topological polar surface area (TPSA) is 42.0 Å². The summed E-state index contributed by atoms with van der Waals surface area (Å²) in [5.41, 5.74) is 1.81. The minimum absolute atomic E-state index is 0.0137. The van der Waals surface area contributed by atoms with Crippen LogP contribution in [0, 0.1) is 0 Å². The third-order valence-corrected chi connectivity index (χ3v) is 4.79. The molecular formula is C22H28N2O3. The molecule has 1 heterocycles. The number of benzene rings is 2. The minimum Gasteiger partial charge on any atom is -0.486 e. The van der Waals surface area contributed by atoms with Gasteiger partial charge in [0.05, 0.1) is 6.54 Å². The van der Waals surface area contributed by atoms with E-state index in [4.69, 9.17) is 9.47 Å². The van der Waals surface area contributed by atoms with E-state index in [1.807, 2.05) is 48.5 Å². The number of anilines is 1. The van der Waals surface area contributed by atoms with Gasteiger partial charge in [-0.15, -0.1) is 0 Å². The van der Waals surface area contributed by atoms with E-state index in [9.17, 15) is 4.79 Å². The Hall–Kier alpha value is -2.69. The van der Waals surface area contributed by atoms with E-state index in [1.54, 1.807) is 11.9 Å². The fourth-order valence-electron chi connectivity index (χ4n) is 3.14. The van der Waals surface area contributed by atoms with Crippen molar-refractivity contribution in [1.82, 2.24) is 4.90 Å². The lowest BCUT2D eigenvalue weighted by atomic mass is 10.1. The van der Waals surface area contributed by atoms with Gasteiger partial charge < -0.3 is 19.3 Å². The van der Waals surface area contributed by atoms with Crippen LogP contribution in [0.15, 0.2) is 48.5 Å². The van der Waals surface area contributed by atoms with E-state index in [0.29, 0.717) is 18.7 Å². The van der Waals surface area contributed by atoms with Gasteiger partial charge in [-0.1, -0.05) is 25.5 Å². The van der Waals surface area contributed by atoms with Gasteiger partial charge in [0.25, 0.3) is 5.91 Å². The lowest BCUT2D eigenvalue weighted by Gasteiger charge is -2.29. The summed E-state index contributed by atoms with van der Waals surface area (Å²) in [4.78, 5) is 16.6. The molecule has 1 atom stereocenters. The molecule has 0 fully saturated rings. The van der Waals surface area contributed by atoms with Crippen molar-refractivity contribution in [2.24, 2.45) is 0 Å². The Labute approximate surface area is 161 Å². The highest BCUT2D eigenvalue weighted by atomic mass is 16.6. The predicted octanol–water partition coefficient (Wildman–Crippen LogP) is 3.83. The largest absolute Gasteiger partial charge is 0.486 e. The number of carbonyl (C=O) groups is 1. The van der Waals surface area contributed by atoms with Crippen LogP contribution in [0.5, 0.6) is 11.5 Å². The van der Waals surface area contributed by atoms with Gasteiger partial charge in [0, 0.05) is 31.9 Å². The van der Waals surface area contributed by atoms with Crippen molar-refractivity contribution in [2.45, 2.75) is 25.9 Å². The maximum atomic E-state index is 12.7. The summed E-state index contributed by atoms with van der Waals surface area (Å²) in [6.07, 6.45) is 2.16. The molecule has 0 N–H and O–H groups in total. The van der Waals surface area contributed by atoms with Gasteiger partial charge in [0.2, 0.25) is 0 Å². The number of unbranched alkanes of at least 4 members (excludes halogenated alkanes) is 1. The van der Waals surface area contributed by atoms with Crippen molar-refractivity contribution >= 4 is 11.6 Å². The Morgan fingerprint density at radius 3 is 2.48 bits per heavy atom. The van der Waals surface area contributed by atoms with Gasteiger partial charge in [0.15, 0.2) is 17.6 Å². The summed E-state index contributed by atoms with van der Waals surface area (Å²) in [5, 5.41) is 0. The van der Waals surface area contributed by atoms with Crippen LogP contribution in [0.3, 0.4) is 0 Å². The molecule has 1 unspecified atom stereocenters. The third-order valence-electron chi connectivity index (χ3n) is 4.79. The lowest BCUT2D eigenvalue weighted by molar-refractivity contribution is 0.0521. The number of hydrogen-bond donors (Lipinski definition) is 0. The quantitative estimate of drug-likeness (QED) is 0.745. The molecular weight excluding hydrogens is 340 g/mol. The highest BCUT2D eigenvalue weighted by Crippen LogP contribution is 2.31. The number of hydrogen-bond acceptors (Lipinski definition) is 4. The average Bonchev–Trinajstić information content (AvgIpc) is 2.71. The zero-order chi connectivity index (χ0) is 19.2. The van der Waals surface area contributed by atoms with Gasteiger partial charge >= 0.3 is 0 Å². The first-order chi connectivity index (χ1) is 13.1. The first-order valence-corrected chi connectivity index (χ1v) is 9.53. The number of para-hydroxylation sites is 2. The van der Waals surface area contributed by atoms with Crippen molar-refractivity contribution < 1.29 is 14.3 Å². The molecule has 0 saturated heterocycles. The van der Waals surface area contributed by atoms with Crippen LogP contribution >= 0.6 is 0 Å². The number of rotatable bonds is 7. The Morgan fingerprint density at radius 1 is 1.07 bits per heavy atom. The predicted molar refractivity (Wildman–Crippen MR) is 108 cm³/mol. The molecule has 2 aromatic carbocycles. The van der Waals surface area contributed by atoms with Gasteiger partial charge in [-0.2, -0.15) is 0 Å². The summed E-state index contributed by atoms with van der Waals surface area (Å²) >= 11 is 0. The normalized spacial score (nSPS) is 15.3. The number of ether oxygens (including phenoxy) is 2. The molecule has 3 rings (SSSR count). The summed E-state index contributed by atoms with van der Waals surface area (Å²) in [6.45, 7) is 4.12. The van der Waals surface area contributed by atoms with Gasteiger partial charge in [-0.05, 0) is 42.8 Å². The van der Waals surface area contributed by atoms with Crippen molar-refractivity contribution in [3.63, 3.8) is 0 Å². The number of nitrogens with zero attached hydrogens (tertiary/aromatic N) is 2. The standard InChI is InChI=1S/C22H28N2O3/c1-4-5-14-23(2)18-12-10-17(11-13-18)22(25)24(3)15-19-16-26-20-8-6-7-9-21(20)27-19/h6-13,19H,4-5,14-16H2,1-3H3. The third kappa shape index (κ3) is 4.73. The number of likely N-dealkylation sites (N-methyl/N-ethyl adjacent to an activating group) is 1. The van der Waals surface area contributed by atoms with E-state index in [1.165, 1.54) is 6.42 Å². The van der Waals surface area contributed by atoms with Gasteiger partial charge in [0.1, 0.15) is 6.61 Å². The van der Waals surface area contributed by atoms with Crippen molar-refractivity contribution in [3.8, 4) is 11.5 Å². The van der Waals surface area contributed by atoms with Gasteiger partial charge in [-0.3, -0.25) is 4.79 Å². The van der Waals surface area contributed by atoms with E-state index in [2.05, 4.69) is 18.9 Å². The first kappa shape index (κ1) is 19.1. The van der Waals surface area contributed by atoms with Crippen LogP contribution in [-0.2, 0) is 0 Å². The second-order valence-electron chi connectivity index (χ2n) is 7.01. The molecule has 5 nitrogen and oxygen atoms in total. The molecule has 1 amide bonds. The number of carbonyl (C=O) groups excluding carboxylic acids is 1. The van der Waals surface area contributed by atoms with Crippen LogP contribution in [0.1, 0.15) is 30.1 Å². The highest BCUT2D eigenvalue weighted by molar-refractivity contribution is 5.94. The van der Waals surface area contributed by atoms with E-state index in [0.717, 1.165) is 30.2 Å². The fourth-order valence-corrected chi connectivity index (χ4v) is 3.14. The molecule has 0 aromatic heterocycles. The number of amides is 1. The maximum Gasteiger partial charge on any atom is 0.253 e.